The van der Waals surface area contributed by atoms with Gasteiger partial charge in [0.15, 0.2) is 0 Å². The molecule has 0 saturated carbocycles. The monoisotopic (exact) mass is 257 g/mol. The lowest BCUT2D eigenvalue weighted by molar-refractivity contribution is 0.197. The van der Waals surface area contributed by atoms with Crippen molar-refractivity contribution in [2.75, 3.05) is 20.1 Å². The molecule has 1 atom stereocenters. The van der Waals surface area contributed by atoms with Crippen molar-refractivity contribution in [3.63, 3.8) is 0 Å². The number of benzene rings is 1. The molecule has 19 heavy (non-hydrogen) atoms. The Morgan fingerprint density at radius 3 is 2.89 bits per heavy atom. The summed E-state index contributed by atoms with van der Waals surface area (Å²) in [6.45, 7) is 3.90. The lowest BCUT2D eigenvalue weighted by atomic mass is 10.1. The van der Waals surface area contributed by atoms with Crippen LogP contribution in [0.2, 0.25) is 0 Å². The van der Waals surface area contributed by atoms with Crippen LogP contribution in [0.1, 0.15) is 17.4 Å². The molecule has 0 spiro atoms. The molecule has 5 heteroatoms. The number of nitrogens with one attached hydrogen (secondary N) is 1. The van der Waals surface area contributed by atoms with E-state index in [4.69, 9.17) is 0 Å². The van der Waals surface area contributed by atoms with E-state index in [2.05, 4.69) is 55.3 Å². The van der Waals surface area contributed by atoms with Crippen LogP contribution in [0.15, 0.2) is 36.7 Å². The third-order valence-electron chi connectivity index (χ3n) is 3.71. The van der Waals surface area contributed by atoms with E-state index in [1.54, 1.807) is 0 Å². The van der Waals surface area contributed by atoms with Gasteiger partial charge in [0.05, 0.1) is 6.54 Å². The van der Waals surface area contributed by atoms with Crippen LogP contribution in [0, 0.1) is 0 Å². The van der Waals surface area contributed by atoms with E-state index in [1.807, 2.05) is 13.4 Å². The van der Waals surface area contributed by atoms with Crippen molar-refractivity contribution in [3.05, 3.63) is 48.0 Å². The van der Waals surface area contributed by atoms with E-state index in [0.717, 1.165) is 32.0 Å². The first kappa shape index (κ1) is 12.3. The minimum atomic E-state index is 0.357. The van der Waals surface area contributed by atoms with E-state index in [0.29, 0.717) is 6.04 Å². The van der Waals surface area contributed by atoms with Gasteiger partial charge in [-0.15, -0.1) is 10.2 Å². The number of fused-ring (bicyclic) bond motifs is 1. The largest absolute Gasteiger partial charge is 0.315 e. The van der Waals surface area contributed by atoms with Crippen molar-refractivity contribution in [2.45, 2.75) is 19.1 Å². The van der Waals surface area contributed by atoms with Crippen LogP contribution in [0.25, 0.3) is 0 Å². The predicted octanol–water partition coefficient (Wildman–Crippen LogP) is 1.05. The first-order chi connectivity index (χ1) is 9.36. The van der Waals surface area contributed by atoms with Gasteiger partial charge in [0.25, 0.3) is 0 Å². The predicted molar refractivity (Wildman–Crippen MR) is 73.5 cm³/mol. The molecule has 100 valence electrons. The maximum Gasteiger partial charge on any atom is 0.147 e. The van der Waals surface area contributed by atoms with E-state index in [-0.39, 0.29) is 0 Å². The average Bonchev–Trinajstić information content (AvgIpc) is 2.93. The van der Waals surface area contributed by atoms with Gasteiger partial charge in [-0.2, -0.15) is 0 Å². The second-order valence-electron chi connectivity index (χ2n) is 4.93. The summed E-state index contributed by atoms with van der Waals surface area (Å²) in [4.78, 5) is 2.43. The van der Waals surface area contributed by atoms with Gasteiger partial charge < -0.3 is 9.88 Å². The number of likely N-dealkylation sites (N-methyl/N-ethyl adjacent to an activating group) is 1. The SMILES string of the molecule is CNC(CN1CCn2cnnc2C1)c1ccccc1. The molecule has 1 aromatic carbocycles. The fraction of sp³-hybridized carbons (Fsp3) is 0.429. The van der Waals surface area contributed by atoms with Crippen molar-refractivity contribution in [3.8, 4) is 0 Å². The van der Waals surface area contributed by atoms with E-state index < -0.39 is 0 Å². The van der Waals surface area contributed by atoms with Crippen LogP contribution in [0.5, 0.6) is 0 Å². The average molecular weight is 257 g/mol. The number of hydrogen-bond acceptors (Lipinski definition) is 4. The van der Waals surface area contributed by atoms with Crippen molar-refractivity contribution in [1.29, 1.82) is 0 Å². The molecule has 2 heterocycles. The van der Waals surface area contributed by atoms with Crippen LogP contribution < -0.4 is 5.32 Å². The molecule has 0 bridgehead atoms. The summed E-state index contributed by atoms with van der Waals surface area (Å²) in [6.07, 6.45) is 1.82. The zero-order valence-corrected chi connectivity index (χ0v) is 11.2. The van der Waals surface area contributed by atoms with E-state index in [9.17, 15) is 0 Å². The van der Waals surface area contributed by atoms with Crippen LogP contribution in [0.4, 0.5) is 0 Å². The molecule has 0 fully saturated rings. The highest BCUT2D eigenvalue weighted by atomic mass is 15.3. The fourth-order valence-electron chi connectivity index (χ4n) is 2.58. The number of aromatic nitrogens is 3. The molecule has 1 unspecified atom stereocenters. The number of rotatable bonds is 4. The molecule has 1 N–H and O–H groups in total. The van der Waals surface area contributed by atoms with Crippen molar-refractivity contribution < 1.29 is 0 Å². The molecule has 5 nitrogen and oxygen atoms in total. The quantitative estimate of drug-likeness (QED) is 0.889. The second-order valence-corrected chi connectivity index (χ2v) is 4.93. The Bertz CT molecular complexity index is 522. The fourth-order valence-corrected chi connectivity index (χ4v) is 2.58. The normalized spacial score (nSPS) is 17.1. The number of hydrogen-bond donors (Lipinski definition) is 1. The van der Waals surface area contributed by atoms with Crippen molar-refractivity contribution in [1.82, 2.24) is 25.0 Å². The number of nitrogens with zero attached hydrogens (tertiary/aromatic N) is 4. The van der Waals surface area contributed by atoms with Crippen LogP contribution >= 0.6 is 0 Å². The topological polar surface area (TPSA) is 46.0 Å². The minimum absolute atomic E-state index is 0.357. The third kappa shape index (κ3) is 2.67. The third-order valence-corrected chi connectivity index (χ3v) is 3.71. The molecule has 1 aliphatic heterocycles. The van der Waals surface area contributed by atoms with Gasteiger partial charge in [-0.05, 0) is 12.6 Å². The van der Waals surface area contributed by atoms with E-state index in [1.165, 1.54) is 5.56 Å². The zero-order chi connectivity index (χ0) is 13.1. The van der Waals surface area contributed by atoms with Gasteiger partial charge in [-0.3, -0.25) is 4.90 Å². The van der Waals surface area contributed by atoms with Crippen LogP contribution in [0.3, 0.4) is 0 Å². The molecule has 0 amide bonds. The summed E-state index contributed by atoms with van der Waals surface area (Å²) in [5.74, 6) is 1.06. The first-order valence-electron chi connectivity index (χ1n) is 6.68. The minimum Gasteiger partial charge on any atom is -0.315 e. The Labute approximate surface area is 113 Å². The highest BCUT2D eigenvalue weighted by Gasteiger charge is 2.20. The molecule has 2 aromatic rings. The van der Waals surface area contributed by atoms with Crippen molar-refractivity contribution >= 4 is 0 Å². The molecule has 1 aliphatic rings. The van der Waals surface area contributed by atoms with E-state index >= 15 is 0 Å². The smallest absolute Gasteiger partial charge is 0.147 e. The molecule has 3 rings (SSSR count). The summed E-state index contributed by atoms with van der Waals surface area (Å²) < 4.78 is 2.13. The Morgan fingerprint density at radius 2 is 2.11 bits per heavy atom. The lowest BCUT2D eigenvalue weighted by Gasteiger charge is -2.30. The standard InChI is InChI=1S/C14H19N5/c1-15-13(12-5-3-2-4-6-12)9-18-7-8-19-11-16-17-14(19)10-18/h2-6,11,13,15H,7-10H2,1H3. The maximum absolute atomic E-state index is 4.16. The zero-order valence-electron chi connectivity index (χ0n) is 11.2. The molecule has 0 saturated heterocycles. The van der Waals surface area contributed by atoms with Gasteiger partial charge in [0.1, 0.15) is 12.2 Å². The summed E-state index contributed by atoms with van der Waals surface area (Å²) in [5.41, 5.74) is 1.33. The summed E-state index contributed by atoms with van der Waals surface area (Å²) in [5, 5.41) is 11.5. The first-order valence-corrected chi connectivity index (χ1v) is 6.68. The Balaban J connectivity index is 1.68. The second kappa shape index (κ2) is 5.50. The van der Waals surface area contributed by atoms with Crippen LogP contribution in [-0.4, -0.2) is 39.8 Å². The maximum atomic E-state index is 4.16. The van der Waals surface area contributed by atoms with Gasteiger partial charge in [-0.25, -0.2) is 0 Å². The highest BCUT2D eigenvalue weighted by Crippen LogP contribution is 2.17. The van der Waals surface area contributed by atoms with Gasteiger partial charge in [0.2, 0.25) is 0 Å². The molecular formula is C14H19N5. The van der Waals surface area contributed by atoms with Gasteiger partial charge in [0, 0.05) is 25.7 Å². The molecular weight excluding hydrogens is 238 g/mol. The Morgan fingerprint density at radius 1 is 1.26 bits per heavy atom. The highest BCUT2D eigenvalue weighted by molar-refractivity contribution is 5.19. The van der Waals surface area contributed by atoms with Crippen molar-refractivity contribution in [2.24, 2.45) is 0 Å². The molecule has 1 aromatic heterocycles. The summed E-state index contributed by atoms with van der Waals surface area (Å²) in [6, 6.07) is 10.9. The Hall–Kier alpha value is -1.72. The van der Waals surface area contributed by atoms with Gasteiger partial charge in [-0.1, -0.05) is 30.3 Å². The molecule has 0 radical (unpaired) electrons. The lowest BCUT2D eigenvalue weighted by Crippen LogP contribution is -2.39. The van der Waals surface area contributed by atoms with Crippen LogP contribution in [-0.2, 0) is 13.1 Å². The summed E-state index contributed by atoms with van der Waals surface area (Å²) >= 11 is 0. The molecule has 0 aliphatic carbocycles. The Kier molecular flexibility index (Phi) is 3.57. The van der Waals surface area contributed by atoms with Gasteiger partial charge >= 0.3 is 0 Å². The summed E-state index contributed by atoms with van der Waals surface area (Å²) in [7, 11) is 2.02.